The van der Waals surface area contributed by atoms with Crippen molar-refractivity contribution < 1.29 is 9.47 Å². The monoisotopic (exact) mass is 486 g/mol. The Bertz CT molecular complexity index is 1000. The van der Waals surface area contributed by atoms with Gasteiger partial charge in [0.15, 0.2) is 0 Å². The SMILES string of the molecule is CO[C@@H]1CCOC[C@H]1CNc1cnn(C2CCC(N(c3ccccc3)C3CC3)CC2)c(=O)c1Cl. The predicted octanol–water partition coefficient (Wildman–Crippen LogP) is 4.51. The van der Waals surface area contributed by atoms with Crippen LogP contribution in [0.25, 0.3) is 0 Å². The molecular formula is C26H35ClN4O3. The average molecular weight is 487 g/mol. The summed E-state index contributed by atoms with van der Waals surface area (Å²) in [6.07, 6.45) is 9.26. The summed E-state index contributed by atoms with van der Waals surface area (Å²) >= 11 is 6.51. The van der Waals surface area contributed by atoms with Crippen LogP contribution in [0.3, 0.4) is 0 Å². The van der Waals surface area contributed by atoms with Crippen LogP contribution in [0.2, 0.25) is 5.02 Å². The van der Waals surface area contributed by atoms with Crippen molar-refractivity contribution in [3.63, 3.8) is 0 Å². The summed E-state index contributed by atoms with van der Waals surface area (Å²) in [7, 11) is 1.73. The fraction of sp³-hybridized carbons (Fsp3) is 0.615. The Balaban J connectivity index is 1.22. The largest absolute Gasteiger partial charge is 0.382 e. The standard InChI is InChI=1S/C26H35ClN4O3/c1-33-24-13-14-34-17-18(24)15-28-23-16-29-31(26(32)25(23)27)22-11-9-21(10-12-22)30(20-7-8-20)19-5-3-2-4-6-19/h2-6,16,18,20-22,24,28H,7-15,17H2,1H3/t18-,21?,22?,24-/m1/s1. The molecule has 1 N–H and O–H groups in total. The second-order valence-corrected chi connectivity index (χ2v) is 10.2. The van der Waals surface area contributed by atoms with Gasteiger partial charge in [-0.1, -0.05) is 29.8 Å². The van der Waals surface area contributed by atoms with Gasteiger partial charge >= 0.3 is 0 Å². The van der Waals surface area contributed by atoms with Crippen molar-refractivity contribution in [2.75, 3.05) is 37.1 Å². The average Bonchev–Trinajstić information content (AvgIpc) is 3.72. The van der Waals surface area contributed by atoms with E-state index < -0.39 is 0 Å². The van der Waals surface area contributed by atoms with Gasteiger partial charge in [0.25, 0.3) is 5.56 Å². The molecule has 1 aromatic heterocycles. The first-order valence-electron chi connectivity index (χ1n) is 12.6. The van der Waals surface area contributed by atoms with E-state index in [9.17, 15) is 4.79 Å². The summed E-state index contributed by atoms with van der Waals surface area (Å²) in [5, 5.41) is 8.04. The molecule has 2 saturated carbocycles. The normalized spacial score (nSPS) is 27.4. The lowest BCUT2D eigenvalue weighted by atomic mass is 9.89. The Kier molecular flexibility index (Phi) is 7.42. The van der Waals surface area contributed by atoms with Crippen LogP contribution in [0.5, 0.6) is 0 Å². The topological polar surface area (TPSA) is 68.6 Å². The van der Waals surface area contributed by atoms with Crippen LogP contribution in [-0.4, -0.2) is 54.8 Å². The molecule has 0 amide bonds. The number of rotatable bonds is 8. The zero-order valence-corrected chi connectivity index (χ0v) is 20.6. The quantitative estimate of drug-likeness (QED) is 0.592. The van der Waals surface area contributed by atoms with Gasteiger partial charge in [0.2, 0.25) is 0 Å². The summed E-state index contributed by atoms with van der Waals surface area (Å²) < 4.78 is 12.8. The molecule has 0 bridgehead atoms. The van der Waals surface area contributed by atoms with Crippen molar-refractivity contribution in [1.29, 1.82) is 0 Å². The van der Waals surface area contributed by atoms with Gasteiger partial charge in [-0.05, 0) is 57.1 Å². The van der Waals surface area contributed by atoms with Gasteiger partial charge in [0.1, 0.15) is 5.02 Å². The van der Waals surface area contributed by atoms with Crippen LogP contribution >= 0.6 is 11.6 Å². The van der Waals surface area contributed by atoms with Crippen LogP contribution < -0.4 is 15.8 Å². The molecule has 5 rings (SSSR count). The molecule has 184 valence electrons. The van der Waals surface area contributed by atoms with Gasteiger partial charge in [0, 0.05) is 44.0 Å². The Morgan fingerprint density at radius 3 is 2.50 bits per heavy atom. The molecule has 3 aliphatic rings. The van der Waals surface area contributed by atoms with Gasteiger partial charge in [-0.15, -0.1) is 0 Å². The smallest absolute Gasteiger partial charge is 0.287 e. The molecule has 0 spiro atoms. The second-order valence-electron chi connectivity index (χ2n) is 9.84. The third kappa shape index (κ3) is 5.11. The predicted molar refractivity (Wildman–Crippen MR) is 135 cm³/mol. The van der Waals surface area contributed by atoms with Gasteiger partial charge < -0.3 is 19.7 Å². The fourth-order valence-electron chi connectivity index (χ4n) is 5.60. The number of ether oxygens (including phenoxy) is 2. The first-order chi connectivity index (χ1) is 16.7. The van der Waals surface area contributed by atoms with E-state index in [-0.39, 0.29) is 28.6 Å². The highest BCUT2D eigenvalue weighted by Gasteiger charge is 2.36. The number of aromatic nitrogens is 2. The van der Waals surface area contributed by atoms with E-state index in [0.717, 1.165) is 38.7 Å². The maximum absolute atomic E-state index is 13.1. The van der Waals surface area contributed by atoms with Crippen molar-refractivity contribution in [3.8, 4) is 0 Å². The summed E-state index contributed by atoms with van der Waals surface area (Å²) in [5.41, 5.74) is 1.70. The van der Waals surface area contributed by atoms with E-state index >= 15 is 0 Å². The lowest BCUT2D eigenvalue weighted by molar-refractivity contribution is -0.0512. The molecule has 8 heteroatoms. The lowest BCUT2D eigenvalue weighted by Crippen LogP contribution is -2.41. The van der Waals surface area contributed by atoms with Crippen molar-refractivity contribution in [2.24, 2.45) is 5.92 Å². The van der Waals surface area contributed by atoms with Crippen LogP contribution in [0.15, 0.2) is 41.3 Å². The number of hydrogen-bond acceptors (Lipinski definition) is 6. The van der Waals surface area contributed by atoms with E-state index in [1.807, 2.05) is 0 Å². The van der Waals surface area contributed by atoms with Crippen LogP contribution in [-0.2, 0) is 9.47 Å². The number of benzene rings is 1. The van der Waals surface area contributed by atoms with E-state index in [0.29, 0.717) is 30.9 Å². The maximum Gasteiger partial charge on any atom is 0.287 e. The lowest BCUT2D eigenvalue weighted by Gasteiger charge is -2.39. The number of nitrogens with zero attached hydrogens (tertiary/aromatic N) is 3. The minimum Gasteiger partial charge on any atom is -0.382 e. The molecule has 2 aromatic rings. The van der Waals surface area contributed by atoms with Gasteiger partial charge in [-0.25, -0.2) is 4.68 Å². The number of anilines is 2. The second kappa shape index (κ2) is 10.7. The Labute approximate surface area is 206 Å². The van der Waals surface area contributed by atoms with Crippen molar-refractivity contribution in [2.45, 2.75) is 69.2 Å². The molecule has 1 aromatic carbocycles. The molecule has 7 nitrogen and oxygen atoms in total. The van der Waals surface area contributed by atoms with Crippen LogP contribution in [0.1, 0.15) is 51.0 Å². The highest BCUT2D eigenvalue weighted by molar-refractivity contribution is 6.32. The number of halogens is 1. The molecule has 2 heterocycles. The number of methoxy groups -OCH3 is 1. The van der Waals surface area contributed by atoms with E-state index in [1.165, 1.54) is 18.5 Å². The Hall–Kier alpha value is -2.09. The van der Waals surface area contributed by atoms with Crippen LogP contribution in [0, 0.1) is 5.92 Å². The number of para-hydroxylation sites is 1. The minimum atomic E-state index is -0.208. The summed E-state index contributed by atoms with van der Waals surface area (Å²) in [6, 6.07) is 12.0. The zero-order valence-electron chi connectivity index (χ0n) is 19.9. The Morgan fingerprint density at radius 2 is 1.82 bits per heavy atom. The van der Waals surface area contributed by atoms with Crippen LogP contribution in [0.4, 0.5) is 11.4 Å². The number of hydrogen-bond donors (Lipinski definition) is 1. The van der Waals surface area contributed by atoms with E-state index in [2.05, 4.69) is 45.6 Å². The summed E-state index contributed by atoms with van der Waals surface area (Å²) in [6.45, 7) is 1.99. The zero-order chi connectivity index (χ0) is 23.5. The van der Waals surface area contributed by atoms with Crippen molar-refractivity contribution in [3.05, 3.63) is 51.9 Å². The first-order valence-corrected chi connectivity index (χ1v) is 13.0. The van der Waals surface area contributed by atoms with Crippen molar-refractivity contribution in [1.82, 2.24) is 9.78 Å². The van der Waals surface area contributed by atoms with Gasteiger partial charge in [-0.3, -0.25) is 4.79 Å². The first kappa shape index (κ1) is 23.6. The fourth-order valence-corrected chi connectivity index (χ4v) is 5.80. The number of nitrogens with one attached hydrogen (secondary N) is 1. The molecule has 1 saturated heterocycles. The van der Waals surface area contributed by atoms with Gasteiger partial charge in [0.05, 0.1) is 30.6 Å². The molecule has 3 fully saturated rings. The molecule has 34 heavy (non-hydrogen) atoms. The summed E-state index contributed by atoms with van der Waals surface area (Å²) in [4.78, 5) is 15.7. The van der Waals surface area contributed by atoms with Crippen molar-refractivity contribution >= 4 is 23.0 Å². The molecule has 0 unspecified atom stereocenters. The molecule has 2 aliphatic carbocycles. The maximum atomic E-state index is 13.1. The minimum absolute atomic E-state index is 0.0942. The summed E-state index contributed by atoms with van der Waals surface area (Å²) in [5.74, 6) is 0.214. The molecule has 1 aliphatic heterocycles. The third-order valence-electron chi connectivity index (χ3n) is 7.61. The highest BCUT2D eigenvalue weighted by Crippen LogP contribution is 2.39. The third-order valence-corrected chi connectivity index (χ3v) is 7.97. The van der Waals surface area contributed by atoms with E-state index in [4.69, 9.17) is 21.1 Å². The van der Waals surface area contributed by atoms with Gasteiger partial charge in [-0.2, -0.15) is 5.10 Å². The highest BCUT2D eigenvalue weighted by atomic mass is 35.5. The molecule has 2 atom stereocenters. The van der Waals surface area contributed by atoms with E-state index in [1.54, 1.807) is 18.0 Å². The molecule has 0 radical (unpaired) electrons. The Morgan fingerprint density at radius 1 is 1.12 bits per heavy atom. The molecular weight excluding hydrogens is 452 g/mol.